The SMILES string of the molecule is NCCC1C[C@@H](C(=O)O)N(C2(c3ccccc3)c3ccccc3-c3ccccc32)C1. The van der Waals surface area contributed by atoms with E-state index < -0.39 is 17.6 Å². The number of benzene rings is 3. The normalized spacial score (nSPS) is 21.9. The van der Waals surface area contributed by atoms with Crippen LogP contribution in [0, 0.1) is 5.92 Å². The molecule has 3 N–H and O–H groups in total. The van der Waals surface area contributed by atoms with Crippen LogP contribution in [-0.2, 0) is 10.3 Å². The van der Waals surface area contributed by atoms with Crippen LogP contribution >= 0.6 is 0 Å². The van der Waals surface area contributed by atoms with E-state index in [9.17, 15) is 9.90 Å². The number of carboxylic acid groups (broad SMARTS) is 1. The molecule has 0 spiro atoms. The van der Waals surface area contributed by atoms with E-state index in [0.29, 0.717) is 19.5 Å². The Bertz CT molecular complexity index is 1030. The van der Waals surface area contributed by atoms with Gasteiger partial charge in [-0.2, -0.15) is 0 Å². The predicted octanol–water partition coefficient (Wildman–Crippen LogP) is 4.08. The van der Waals surface area contributed by atoms with Gasteiger partial charge < -0.3 is 10.8 Å². The number of likely N-dealkylation sites (tertiary alicyclic amines) is 1. The minimum Gasteiger partial charge on any atom is -0.480 e. The molecule has 0 amide bonds. The van der Waals surface area contributed by atoms with Gasteiger partial charge in [0.05, 0.1) is 5.54 Å². The van der Waals surface area contributed by atoms with Gasteiger partial charge in [-0.15, -0.1) is 0 Å². The van der Waals surface area contributed by atoms with Crippen molar-refractivity contribution in [2.75, 3.05) is 13.1 Å². The van der Waals surface area contributed by atoms with Crippen LogP contribution in [0.15, 0.2) is 78.9 Å². The fraction of sp³-hybridized carbons (Fsp3) is 0.269. The van der Waals surface area contributed by atoms with Crippen LogP contribution in [0.4, 0.5) is 0 Å². The first-order valence-electron chi connectivity index (χ1n) is 10.6. The van der Waals surface area contributed by atoms with E-state index in [-0.39, 0.29) is 5.92 Å². The highest BCUT2D eigenvalue weighted by Gasteiger charge is 2.54. The number of nitrogens with two attached hydrogens (primary N) is 1. The second kappa shape index (κ2) is 7.38. The van der Waals surface area contributed by atoms with Crippen LogP contribution in [0.5, 0.6) is 0 Å². The summed E-state index contributed by atoms with van der Waals surface area (Å²) >= 11 is 0. The summed E-state index contributed by atoms with van der Waals surface area (Å²) in [5, 5.41) is 10.2. The van der Waals surface area contributed by atoms with E-state index in [4.69, 9.17) is 5.73 Å². The fourth-order valence-corrected chi connectivity index (χ4v) is 5.65. The van der Waals surface area contributed by atoms with Gasteiger partial charge in [0.25, 0.3) is 0 Å². The van der Waals surface area contributed by atoms with Gasteiger partial charge in [0.1, 0.15) is 6.04 Å². The van der Waals surface area contributed by atoms with Gasteiger partial charge in [0, 0.05) is 6.54 Å². The zero-order valence-corrected chi connectivity index (χ0v) is 16.9. The number of carbonyl (C=O) groups is 1. The van der Waals surface area contributed by atoms with E-state index in [0.717, 1.165) is 23.1 Å². The highest BCUT2D eigenvalue weighted by atomic mass is 16.4. The van der Waals surface area contributed by atoms with Crippen molar-refractivity contribution >= 4 is 5.97 Å². The Morgan fingerprint density at radius 2 is 1.50 bits per heavy atom. The molecule has 30 heavy (non-hydrogen) atoms. The van der Waals surface area contributed by atoms with Crippen LogP contribution in [0.1, 0.15) is 29.5 Å². The molecule has 152 valence electrons. The maximum Gasteiger partial charge on any atom is 0.320 e. The van der Waals surface area contributed by atoms with Crippen molar-refractivity contribution in [2.45, 2.75) is 24.4 Å². The maximum atomic E-state index is 12.4. The molecule has 4 nitrogen and oxygen atoms in total. The summed E-state index contributed by atoms with van der Waals surface area (Å²) in [6.07, 6.45) is 1.47. The molecule has 2 aliphatic rings. The Morgan fingerprint density at radius 1 is 0.933 bits per heavy atom. The van der Waals surface area contributed by atoms with Gasteiger partial charge in [-0.25, -0.2) is 0 Å². The second-order valence-electron chi connectivity index (χ2n) is 8.35. The number of nitrogens with zero attached hydrogens (tertiary/aromatic N) is 1. The first kappa shape index (κ1) is 19.0. The Labute approximate surface area is 177 Å². The van der Waals surface area contributed by atoms with Crippen molar-refractivity contribution in [1.82, 2.24) is 4.90 Å². The first-order valence-corrected chi connectivity index (χ1v) is 10.6. The molecule has 1 fully saturated rings. The molecule has 1 saturated heterocycles. The number of hydrogen-bond donors (Lipinski definition) is 2. The van der Waals surface area contributed by atoms with Crippen LogP contribution in [0.2, 0.25) is 0 Å². The van der Waals surface area contributed by atoms with Gasteiger partial charge in [0.2, 0.25) is 0 Å². The van der Waals surface area contributed by atoms with Gasteiger partial charge in [0.15, 0.2) is 0 Å². The molecule has 1 heterocycles. The summed E-state index contributed by atoms with van der Waals surface area (Å²) in [6.45, 7) is 1.29. The van der Waals surface area contributed by atoms with Crippen LogP contribution in [0.25, 0.3) is 11.1 Å². The molecule has 1 aliphatic carbocycles. The molecule has 0 bridgehead atoms. The summed E-state index contributed by atoms with van der Waals surface area (Å²) in [4.78, 5) is 14.7. The van der Waals surface area contributed by atoms with E-state index in [2.05, 4.69) is 65.6 Å². The lowest BCUT2D eigenvalue weighted by Gasteiger charge is -2.43. The van der Waals surface area contributed by atoms with E-state index >= 15 is 0 Å². The number of rotatable bonds is 5. The zero-order valence-electron chi connectivity index (χ0n) is 16.9. The van der Waals surface area contributed by atoms with Crippen LogP contribution in [0.3, 0.4) is 0 Å². The molecule has 3 aromatic rings. The van der Waals surface area contributed by atoms with Gasteiger partial charge in [-0.05, 0) is 53.1 Å². The molecule has 0 aromatic heterocycles. The summed E-state index contributed by atoms with van der Waals surface area (Å²) in [7, 11) is 0. The summed E-state index contributed by atoms with van der Waals surface area (Å²) in [6, 6.07) is 26.7. The molecule has 0 radical (unpaired) electrons. The molecule has 5 rings (SSSR count). The fourth-order valence-electron chi connectivity index (χ4n) is 5.65. The lowest BCUT2D eigenvalue weighted by atomic mass is 9.78. The maximum absolute atomic E-state index is 12.4. The molecule has 2 atom stereocenters. The lowest BCUT2D eigenvalue weighted by molar-refractivity contribution is -0.143. The molecule has 4 heteroatoms. The summed E-state index contributed by atoms with van der Waals surface area (Å²) in [5.74, 6) is -0.483. The number of hydrogen-bond acceptors (Lipinski definition) is 3. The molecule has 0 saturated carbocycles. The van der Waals surface area contributed by atoms with Crippen LogP contribution < -0.4 is 5.73 Å². The van der Waals surface area contributed by atoms with Gasteiger partial charge in [-0.1, -0.05) is 78.9 Å². The Morgan fingerprint density at radius 3 is 2.07 bits per heavy atom. The first-order chi connectivity index (χ1) is 14.7. The van der Waals surface area contributed by atoms with Crippen molar-refractivity contribution in [3.05, 3.63) is 95.6 Å². The van der Waals surface area contributed by atoms with Gasteiger partial charge >= 0.3 is 5.97 Å². The average molecular weight is 399 g/mol. The van der Waals surface area contributed by atoms with Crippen LogP contribution in [-0.4, -0.2) is 35.1 Å². The van der Waals surface area contributed by atoms with E-state index in [1.54, 1.807) is 0 Å². The number of aliphatic carboxylic acids is 1. The van der Waals surface area contributed by atoms with Crippen molar-refractivity contribution in [2.24, 2.45) is 11.7 Å². The van der Waals surface area contributed by atoms with Crippen molar-refractivity contribution in [3.63, 3.8) is 0 Å². The zero-order chi connectivity index (χ0) is 20.7. The molecule has 1 unspecified atom stereocenters. The third-order valence-electron chi connectivity index (χ3n) is 6.79. The third-order valence-corrected chi connectivity index (χ3v) is 6.79. The average Bonchev–Trinajstić information content (AvgIpc) is 3.33. The Kier molecular flexibility index (Phi) is 4.69. The summed E-state index contributed by atoms with van der Waals surface area (Å²) in [5.41, 5.74) is 11.0. The molecule has 1 aliphatic heterocycles. The second-order valence-corrected chi connectivity index (χ2v) is 8.35. The monoisotopic (exact) mass is 398 g/mol. The number of carboxylic acids is 1. The Hall–Kier alpha value is -2.95. The lowest BCUT2D eigenvalue weighted by Crippen LogP contribution is -2.51. The standard InChI is InChI=1S/C26H26N2O2/c27-15-14-18-16-24(25(29)30)28(17-18)26(19-8-2-1-3-9-19)22-12-6-4-10-20(22)21-11-5-7-13-23(21)26/h1-13,18,24H,14-17,27H2,(H,29,30)/t18?,24-/m0/s1. The highest BCUT2D eigenvalue weighted by molar-refractivity contribution is 5.84. The quantitative estimate of drug-likeness (QED) is 0.680. The third kappa shape index (κ3) is 2.64. The van der Waals surface area contributed by atoms with Crippen molar-refractivity contribution in [1.29, 1.82) is 0 Å². The minimum absolute atomic E-state index is 0.275. The molecular weight excluding hydrogens is 372 g/mol. The predicted molar refractivity (Wildman–Crippen MR) is 118 cm³/mol. The smallest absolute Gasteiger partial charge is 0.320 e. The topological polar surface area (TPSA) is 66.6 Å². The van der Waals surface area contributed by atoms with E-state index in [1.165, 1.54) is 11.1 Å². The van der Waals surface area contributed by atoms with Crippen molar-refractivity contribution < 1.29 is 9.90 Å². The Balaban J connectivity index is 1.82. The van der Waals surface area contributed by atoms with Crippen molar-refractivity contribution in [3.8, 4) is 11.1 Å². The van der Waals surface area contributed by atoms with Gasteiger partial charge in [-0.3, -0.25) is 9.69 Å². The largest absolute Gasteiger partial charge is 0.480 e. The van der Waals surface area contributed by atoms with E-state index in [1.807, 2.05) is 18.2 Å². The molecule has 3 aromatic carbocycles. The highest BCUT2D eigenvalue weighted by Crippen LogP contribution is 2.56. The summed E-state index contributed by atoms with van der Waals surface area (Å²) < 4.78 is 0. The minimum atomic E-state index is -0.758. The number of fused-ring (bicyclic) bond motifs is 3. The molecular formula is C26H26N2O2.